The van der Waals surface area contributed by atoms with Crippen LogP contribution in [0.4, 0.5) is 24.7 Å². The molecule has 1 spiro atoms. The Morgan fingerprint density at radius 3 is 2.52 bits per heavy atom. The molecule has 0 amide bonds. The fourth-order valence-electron chi connectivity index (χ4n) is 5.80. The number of carbonyl (C=O) groups is 1. The van der Waals surface area contributed by atoms with Crippen molar-refractivity contribution in [2.24, 2.45) is 5.41 Å². The summed E-state index contributed by atoms with van der Waals surface area (Å²) in [7, 11) is -4.32. The second-order valence-corrected chi connectivity index (χ2v) is 12.8. The van der Waals surface area contributed by atoms with Crippen molar-refractivity contribution in [3.8, 4) is 11.1 Å². The molecule has 1 aromatic carbocycles. The van der Waals surface area contributed by atoms with Crippen molar-refractivity contribution in [1.82, 2.24) is 24.6 Å². The molecular formula is C28H26F3N7O3S. The highest BCUT2D eigenvalue weighted by atomic mass is 32.2. The molecule has 10 nitrogen and oxygen atoms in total. The van der Waals surface area contributed by atoms with Crippen molar-refractivity contribution in [1.29, 1.82) is 0 Å². The van der Waals surface area contributed by atoms with E-state index >= 15 is 4.39 Å². The van der Waals surface area contributed by atoms with Gasteiger partial charge in [0.15, 0.2) is 5.82 Å². The molecule has 0 saturated carbocycles. The maximum Gasteiger partial charge on any atom is 0.301 e. The van der Waals surface area contributed by atoms with Crippen LogP contribution in [-0.2, 0) is 10.2 Å². The Balaban J connectivity index is 1.16. The van der Waals surface area contributed by atoms with Crippen LogP contribution >= 0.6 is 0 Å². The molecule has 6 heterocycles. The summed E-state index contributed by atoms with van der Waals surface area (Å²) in [6.07, 6.45) is 3.32. The predicted molar refractivity (Wildman–Crippen MR) is 150 cm³/mol. The normalized spacial score (nSPS) is 20.1. The number of pyridine rings is 2. The number of rotatable bonds is 7. The molecule has 3 saturated heterocycles. The highest BCUT2D eigenvalue weighted by molar-refractivity contribution is 7.90. The van der Waals surface area contributed by atoms with Crippen molar-refractivity contribution < 1.29 is 26.4 Å². The van der Waals surface area contributed by atoms with E-state index in [0.29, 0.717) is 22.0 Å². The molecule has 0 unspecified atom stereocenters. The molecule has 3 fully saturated rings. The van der Waals surface area contributed by atoms with Gasteiger partial charge < -0.3 is 15.2 Å². The lowest BCUT2D eigenvalue weighted by Crippen LogP contribution is -2.71. The summed E-state index contributed by atoms with van der Waals surface area (Å²) in [5.74, 6) is -2.65. The molecular weight excluding hydrogens is 571 g/mol. The number of H-pyrrole nitrogens is 1. The first kappa shape index (κ1) is 26.9. The van der Waals surface area contributed by atoms with Gasteiger partial charge in [0.2, 0.25) is 5.78 Å². The molecule has 0 radical (unpaired) electrons. The lowest BCUT2D eigenvalue weighted by molar-refractivity contribution is 0.103. The van der Waals surface area contributed by atoms with Crippen LogP contribution in [0, 0.1) is 17.0 Å². The molecule has 0 bridgehead atoms. The third-order valence-corrected chi connectivity index (χ3v) is 9.71. The summed E-state index contributed by atoms with van der Waals surface area (Å²) < 4.78 is 72.1. The summed E-state index contributed by atoms with van der Waals surface area (Å²) in [5.41, 5.74) is 0.514. The molecule has 218 valence electrons. The van der Waals surface area contributed by atoms with Gasteiger partial charge in [-0.1, -0.05) is 0 Å². The second-order valence-electron chi connectivity index (χ2n) is 11.2. The van der Waals surface area contributed by atoms with E-state index in [1.54, 1.807) is 18.5 Å². The first-order valence-corrected chi connectivity index (χ1v) is 14.9. The van der Waals surface area contributed by atoms with Gasteiger partial charge in [-0.15, -0.1) is 0 Å². The van der Waals surface area contributed by atoms with E-state index in [9.17, 15) is 22.0 Å². The van der Waals surface area contributed by atoms with Gasteiger partial charge >= 0.3 is 10.2 Å². The lowest BCUT2D eigenvalue weighted by atomic mass is 9.74. The highest BCUT2D eigenvalue weighted by Gasteiger charge is 2.47. The summed E-state index contributed by atoms with van der Waals surface area (Å²) in [5, 5.41) is 3.64. The first-order chi connectivity index (χ1) is 20.1. The van der Waals surface area contributed by atoms with Crippen LogP contribution in [-0.4, -0.2) is 78.9 Å². The van der Waals surface area contributed by atoms with Crippen molar-refractivity contribution in [3.63, 3.8) is 0 Å². The average Bonchev–Trinajstić information content (AvgIpc) is 3.55. The molecule has 3 aromatic heterocycles. The zero-order valence-corrected chi connectivity index (χ0v) is 23.0. The van der Waals surface area contributed by atoms with E-state index in [-0.39, 0.29) is 25.1 Å². The van der Waals surface area contributed by atoms with E-state index in [1.165, 1.54) is 6.20 Å². The van der Waals surface area contributed by atoms with Crippen molar-refractivity contribution in [3.05, 3.63) is 71.7 Å². The van der Waals surface area contributed by atoms with Crippen LogP contribution in [0.5, 0.6) is 0 Å². The topological polar surface area (TPSA) is 123 Å². The zero-order chi connectivity index (χ0) is 29.2. The number of anilines is 2. The third kappa shape index (κ3) is 4.50. The Hall–Kier alpha value is -4.01. The quantitative estimate of drug-likeness (QED) is 0.280. The van der Waals surface area contributed by atoms with Crippen LogP contribution in [0.1, 0.15) is 22.3 Å². The van der Waals surface area contributed by atoms with Crippen molar-refractivity contribution in [2.75, 3.05) is 48.9 Å². The Labute approximate surface area is 239 Å². The fraction of sp³-hybridized carbons (Fsp3) is 0.321. The number of fused-ring (bicyclic) bond motifs is 1. The fourth-order valence-corrected chi connectivity index (χ4v) is 7.07. The van der Waals surface area contributed by atoms with Gasteiger partial charge in [-0.25, -0.2) is 23.1 Å². The number of ketones is 1. The lowest BCUT2D eigenvalue weighted by Gasteiger charge is -2.56. The number of alkyl halides is 1. The zero-order valence-electron chi connectivity index (χ0n) is 22.2. The Morgan fingerprint density at radius 1 is 1.07 bits per heavy atom. The van der Waals surface area contributed by atoms with E-state index in [2.05, 4.69) is 25.2 Å². The number of nitrogens with zero attached hydrogens (tertiary/aromatic N) is 4. The molecule has 0 aliphatic carbocycles. The van der Waals surface area contributed by atoms with Gasteiger partial charge in [0.25, 0.3) is 0 Å². The van der Waals surface area contributed by atoms with Crippen LogP contribution in [0.3, 0.4) is 0 Å². The Bertz CT molecular complexity index is 1820. The van der Waals surface area contributed by atoms with Crippen LogP contribution in [0.25, 0.3) is 22.2 Å². The molecule has 7 rings (SSSR count). The molecule has 1 atom stereocenters. The van der Waals surface area contributed by atoms with Gasteiger partial charge in [-0.05, 0) is 36.8 Å². The maximum absolute atomic E-state index is 15.5. The number of aromatic nitrogens is 3. The maximum atomic E-state index is 15.5. The largest absolute Gasteiger partial charge is 0.355 e. The van der Waals surface area contributed by atoms with Crippen molar-refractivity contribution >= 4 is 38.5 Å². The Kier molecular flexibility index (Phi) is 6.26. The van der Waals surface area contributed by atoms with Gasteiger partial charge in [0.1, 0.15) is 23.5 Å². The summed E-state index contributed by atoms with van der Waals surface area (Å²) in [6, 6.07) is 7.21. The summed E-state index contributed by atoms with van der Waals surface area (Å²) >= 11 is 0. The Morgan fingerprint density at radius 2 is 1.86 bits per heavy atom. The third-order valence-electron chi connectivity index (χ3n) is 8.22. The monoisotopic (exact) mass is 597 g/mol. The van der Waals surface area contributed by atoms with Crippen molar-refractivity contribution in [2.45, 2.75) is 12.6 Å². The number of hydrogen-bond donors (Lipinski definition) is 3. The number of nitrogens with one attached hydrogen (secondary N) is 3. The molecule has 3 N–H and O–H groups in total. The highest BCUT2D eigenvalue weighted by Crippen LogP contribution is 2.37. The molecule has 3 aliphatic rings. The molecule has 4 aromatic rings. The van der Waals surface area contributed by atoms with E-state index in [1.807, 2.05) is 16.9 Å². The van der Waals surface area contributed by atoms with Gasteiger partial charge in [-0.3, -0.25) is 9.52 Å². The number of benzene rings is 1. The van der Waals surface area contributed by atoms with Gasteiger partial charge in [0.05, 0.1) is 11.3 Å². The van der Waals surface area contributed by atoms with E-state index in [0.717, 1.165) is 54.0 Å². The second kappa shape index (κ2) is 9.78. The van der Waals surface area contributed by atoms with Gasteiger partial charge in [0, 0.05) is 85.4 Å². The van der Waals surface area contributed by atoms with Crippen LogP contribution in [0.15, 0.2) is 48.9 Å². The number of aromatic amines is 1. The van der Waals surface area contributed by atoms with Gasteiger partial charge in [-0.2, -0.15) is 12.7 Å². The smallest absolute Gasteiger partial charge is 0.301 e. The van der Waals surface area contributed by atoms with E-state index < -0.39 is 45.0 Å². The number of hydrogen-bond acceptors (Lipinski definition) is 7. The summed E-state index contributed by atoms with van der Waals surface area (Å²) in [4.78, 5) is 27.5. The SMILES string of the molecule is O=C(c1c(F)ccc(NS(=O)(=O)N2CC[C@@H](F)C2)c1F)c1c[nH]c2ncc(-c3ccc(N4CC5(CNC5)C4)nc3)cc12. The summed E-state index contributed by atoms with van der Waals surface area (Å²) in [6.45, 7) is 3.52. The molecule has 3 aliphatic heterocycles. The number of halogens is 3. The minimum atomic E-state index is -4.32. The first-order valence-electron chi connectivity index (χ1n) is 13.5. The number of carbonyl (C=O) groups excluding carboxylic acids is 1. The predicted octanol–water partition coefficient (Wildman–Crippen LogP) is 3.24. The molecule has 14 heteroatoms. The van der Waals surface area contributed by atoms with Crippen LogP contribution < -0.4 is 14.9 Å². The van der Waals surface area contributed by atoms with E-state index in [4.69, 9.17) is 0 Å². The average molecular weight is 598 g/mol. The molecule has 42 heavy (non-hydrogen) atoms. The minimum Gasteiger partial charge on any atom is -0.355 e. The standard InChI is InChI=1S/C28H26F3N7O3S/c29-18-5-6-38(11-18)42(40,41)36-22-3-2-21(30)24(25(22)31)26(39)20-10-35-27-19(20)7-17(9-34-27)16-1-4-23(33-8-16)37-14-28(15-37)12-32-13-28/h1-4,7-10,18,32,36H,5-6,11-15H2,(H,34,35)/t18-/m1/s1. The minimum absolute atomic E-state index is 0.0182. The van der Waals surface area contributed by atoms with Crippen LogP contribution in [0.2, 0.25) is 0 Å².